The van der Waals surface area contributed by atoms with Crippen LogP contribution in [0.15, 0.2) is 0 Å². The lowest BCUT2D eigenvalue weighted by Gasteiger charge is -2.36. The van der Waals surface area contributed by atoms with Gasteiger partial charge in [-0.15, -0.1) is 0 Å². The van der Waals surface area contributed by atoms with E-state index in [4.69, 9.17) is 4.74 Å². The van der Waals surface area contributed by atoms with Crippen LogP contribution in [0, 0.1) is 5.92 Å². The monoisotopic (exact) mass is 228 g/mol. The van der Waals surface area contributed by atoms with Gasteiger partial charge in [0.1, 0.15) is 0 Å². The van der Waals surface area contributed by atoms with Gasteiger partial charge in [0.05, 0.1) is 13.7 Å². The van der Waals surface area contributed by atoms with Crippen LogP contribution in [0.25, 0.3) is 0 Å². The third-order valence-corrected chi connectivity index (χ3v) is 3.00. The van der Waals surface area contributed by atoms with E-state index in [0.717, 1.165) is 26.1 Å². The third kappa shape index (κ3) is 4.49. The Balaban J connectivity index is 2.37. The van der Waals surface area contributed by atoms with Crippen molar-refractivity contribution in [3.63, 3.8) is 0 Å². The van der Waals surface area contributed by atoms with Crippen LogP contribution < -0.4 is 5.32 Å². The molecule has 4 heteroatoms. The fourth-order valence-electron chi connectivity index (χ4n) is 2.33. The minimum absolute atomic E-state index is 0.136. The van der Waals surface area contributed by atoms with Crippen LogP contribution in [0.5, 0.6) is 0 Å². The number of hydrogen-bond donors (Lipinski definition) is 1. The average Bonchev–Trinajstić information content (AvgIpc) is 2.25. The van der Waals surface area contributed by atoms with Crippen LogP contribution in [0.1, 0.15) is 26.7 Å². The number of ether oxygens (including phenoxy) is 1. The van der Waals surface area contributed by atoms with Gasteiger partial charge >= 0.3 is 5.97 Å². The Morgan fingerprint density at radius 2 is 2.25 bits per heavy atom. The van der Waals surface area contributed by atoms with Gasteiger partial charge in [0.25, 0.3) is 0 Å². The summed E-state index contributed by atoms with van der Waals surface area (Å²) in [5, 5.41) is 3.53. The molecule has 1 aliphatic rings. The van der Waals surface area contributed by atoms with Crippen molar-refractivity contribution in [1.82, 2.24) is 10.2 Å². The van der Waals surface area contributed by atoms with Crippen molar-refractivity contribution in [2.24, 2.45) is 5.92 Å². The van der Waals surface area contributed by atoms with E-state index in [0.29, 0.717) is 18.5 Å². The Morgan fingerprint density at radius 1 is 1.50 bits per heavy atom. The number of carbonyl (C=O) groups excluding carboxylic acids is 1. The maximum absolute atomic E-state index is 11.2. The highest BCUT2D eigenvalue weighted by atomic mass is 16.5. The largest absolute Gasteiger partial charge is 0.468 e. The molecule has 4 nitrogen and oxygen atoms in total. The molecule has 1 heterocycles. The number of methoxy groups -OCH3 is 1. The lowest BCUT2D eigenvalue weighted by molar-refractivity contribution is -0.142. The molecule has 0 aromatic carbocycles. The molecule has 0 aromatic rings. The first-order valence-corrected chi connectivity index (χ1v) is 6.18. The first kappa shape index (κ1) is 13.5. The summed E-state index contributed by atoms with van der Waals surface area (Å²) < 4.78 is 4.70. The minimum Gasteiger partial charge on any atom is -0.468 e. The number of hydrogen-bond acceptors (Lipinski definition) is 4. The molecule has 1 aliphatic heterocycles. The summed E-state index contributed by atoms with van der Waals surface area (Å²) in [6.07, 6.45) is 2.36. The number of nitrogens with zero attached hydrogens (tertiary/aromatic N) is 1. The van der Waals surface area contributed by atoms with Crippen molar-refractivity contribution >= 4 is 5.97 Å². The van der Waals surface area contributed by atoms with Gasteiger partial charge in [-0.25, -0.2) is 0 Å². The summed E-state index contributed by atoms with van der Waals surface area (Å²) in [4.78, 5) is 13.4. The summed E-state index contributed by atoms with van der Waals surface area (Å²) in [5.41, 5.74) is 0. The smallest absolute Gasteiger partial charge is 0.319 e. The molecule has 1 saturated heterocycles. The first-order valence-electron chi connectivity index (χ1n) is 6.18. The van der Waals surface area contributed by atoms with E-state index in [9.17, 15) is 4.79 Å². The Bertz CT molecular complexity index is 221. The molecule has 0 spiro atoms. The summed E-state index contributed by atoms with van der Waals surface area (Å²) >= 11 is 0. The minimum atomic E-state index is -0.136. The van der Waals surface area contributed by atoms with Gasteiger partial charge in [0, 0.05) is 19.1 Å². The number of esters is 1. The van der Waals surface area contributed by atoms with Crippen LogP contribution >= 0.6 is 0 Å². The van der Waals surface area contributed by atoms with Crippen molar-refractivity contribution in [3.05, 3.63) is 0 Å². The van der Waals surface area contributed by atoms with Gasteiger partial charge < -0.3 is 10.1 Å². The topological polar surface area (TPSA) is 41.6 Å². The molecule has 1 rings (SSSR count). The summed E-state index contributed by atoms with van der Waals surface area (Å²) in [6, 6.07) is 0.522. The van der Waals surface area contributed by atoms with E-state index >= 15 is 0 Å². The Kier molecular flexibility index (Phi) is 5.77. The molecule has 0 amide bonds. The first-order chi connectivity index (χ1) is 7.65. The zero-order chi connectivity index (χ0) is 12.0. The molecule has 94 valence electrons. The van der Waals surface area contributed by atoms with Crippen molar-refractivity contribution in [1.29, 1.82) is 0 Å². The standard InChI is InChI=1S/C12H24N2O2/c1-4-5-13-11-6-10(2)7-14(8-11)9-12(15)16-3/h10-11,13H,4-9H2,1-3H3. The van der Waals surface area contributed by atoms with Crippen molar-refractivity contribution in [3.8, 4) is 0 Å². The molecule has 1 fully saturated rings. The summed E-state index contributed by atoms with van der Waals surface area (Å²) in [7, 11) is 1.45. The zero-order valence-corrected chi connectivity index (χ0v) is 10.7. The molecule has 0 saturated carbocycles. The lowest BCUT2D eigenvalue weighted by Crippen LogP contribution is -2.50. The Hall–Kier alpha value is -0.610. The summed E-state index contributed by atoms with van der Waals surface area (Å²) in [6.45, 7) is 7.85. The molecular weight excluding hydrogens is 204 g/mol. The van der Waals surface area contributed by atoms with Gasteiger partial charge in [0.15, 0.2) is 0 Å². The average molecular weight is 228 g/mol. The van der Waals surface area contributed by atoms with Gasteiger partial charge in [0.2, 0.25) is 0 Å². The van der Waals surface area contributed by atoms with Gasteiger partial charge in [-0.05, 0) is 25.3 Å². The van der Waals surface area contributed by atoms with Crippen molar-refractivity contribution in [2.75, 3.05) is 33.3 Å². The second-order valence-corrected chi connectivity index (χ2v) is 4.76. The van der Waals surface area contributed by atoms with Crippen LogP contribution in [0.4, 0.5) is 0 Å². The molecule has 2 atom stereocenters. The molecule has 16 heavy (non-hydrogen) atoms. The number of carbonyl (C=O) groups is 1. The maximum Gasteiger partial charge on any atom is 0.319 e. The van der Waals surface area contributed by atoms with Crippen LogP contribution in [0.2, 0.25) is 0 Å². The predicted molar refractivity (Wildman–Crippen MR) is 64.3 cm³/mol. The second-order valence-electron chi connectivity index (χ2n) is 4.76. The van der Waals surface area contributed by atoms with Gasteiger partial charge in [-0.2, -0.15) is 0 Å². The molecule has 0 aliphatic carbocycles. The third-order valence-electron chi connectivity index (χ3n) is 3.00. The highest BCUT2D eigenvalue weighted by Crippen LogP contribution is 2.16. The zero-order valence-electron chi connectivity index (χ0n) is 10.7. The highest BCUT2D eigenvalue weighted by molar-refractivity contribution is 5.71. The predicted octanol–water partition coefficient (Wildman–Crippen LogP) is 0.869. The molecular formula is C12H24N2O2. The Morgan fingerprint density at radius 3 is 2.88 bits per heavy atom. The molecule has 0 radical (unpaired) electrons. The molecule has 0 aromatic heterocycles. The fourth-order valence-corrected chi connectivity index (χ4v) is 2.33. The van der Waals surface area contributed by atoms with Crippen molar-refractivity contribution in [2.45, 2.75) is 32.7 Å². The number of piperidine rings is 1. The van der Waals surface area contributed by atoms with Gasteiger partial charge in [-0.1, -0.05) is 13.8 Å². The van der Waals surface area contributed by atoms with E-state index in [-0.39, 0.29) is 5.97 Å². The second kappa shape index (κ2) is 6.86. The van der Waals surface area contributed by atoms with Crippen LogP contribution in [-0.2, 0) is 9.53 Å². The molecule has 2 unspecified atom stereocenters. The lowest BCUT2D eigenvalue weighted by atomic mass is 9.96. The SMILES string of the molecule is CCCNC1CC(C)CN(CC(=O)OC)C1. The Labute approximate surface area is 98.3 Å². The van der Waals surface area contributed by atoms with Crippen LogP contribution in [-0.4, -0.2) is 50.2 Å². The van der Waals surface area contributed by atoms with E-state index in [2.05, 4.69) is 24.1 Å². The van der Waals surface area contributed by atoms with Gasteiger partial charge in [-0.3, -0.25) is 9.69 Å². The maximum atomic E-state index is 11.2. The normalized spacial score (nSPS) is 26.7. The van der Waals surface area contributed by atoms with Crippen LogP contribution in [0.3, 0.4) is 0 Å². The number of nitrogens with one attached hydrogen (secondary N) is 1. The number of rotatable bonds is 5. The molecule has 0 bridgehead atoms. The summed E-state index contributed by atoms with van der Waals surface area (Å²) in [5.74, 6) is 0.510. The van der Waals surface area contributed by atoms with E-state index < -0.39 is 0 Å². The quantitative estimate of drug-likeness (QED) is 0.709. The van der Waals surface area contributed by atoms with E-state index in [1.54, 1.807) is 0 Å². The number of likely N-dealkylation sites (tertiary alicyclic amines) is 1. The fraction of sp³-hybridized carbons (Fsp3) is 0.917. The van der Waals surface area contributed by atoms with E-state index in [1.807, 2.05) is 0 Å². The highest BCUT2D eigenvalue weighted by Gasteiger charge is 2.25. The molecule has 1 N–H and O–H groups in total. The van der Waals surface area contributed by atoms with Crippen molar-refractivity contribution < 1.29 is 9.53 Å². The van der Waals surface area contributed by atoms with E-state index in [1.165, 1.54) is 13.5 Å².